The number of pyridine rings is 1. The van der Waals surface area contributed by atoms with Crippen LogP contribution in [-0.4, -0.2) is 23.2 Å². The Morgan fingerprint density at radius 3 is 2.38 bits per heavy atom. The summed E-state index contributed by atoms with van der Waals surface area (Å²) in [5, 5.41) is 9.05. The SMILES string of the molecule is COc1cc(Br)c(Oc2cc(C(=O)O)cc(C)n2)cc1Br. The summed E-state index contributed by atoms with van der Waals surface area (Å²) >= 11 is 6.74. The summed E-state index contributed by atoms with van der Waals surface area (Å²) in [5.41, 5.74) is 0.690. The Hall–Kier alpha value is -1.60. The van der Waals surface area contributed by atoms with Crippen LogP contribution in [0.25, 0.3) is 0 Å². The van der Waals surface area contributed by atoms with E-state index in [1.807, 2.05) is 0 Å². The van der Waals surface area contributed by atoms with Crippen molar-refractivity contribution in [1.29, 1.82) is 0 Å². The molecule has 0 unspecified atom stereocenters. The van der Waals surface area contributed by atoms with Gasteiger partial charge in [-0.1, -0.05) is 0 Å². The summed E-state index contributed by atoms with van der Waals surface area (Å²) in [7, 11) is 1.56. The standard InChI is InChI=1S/C14H11Br2NO4/c1-7-3-8(14(18)19)4-13(17-7)21-12-6-9(15)11(20-2)5-10(12)16/h3-6H,1-2H3,(H,18,19). The van der Waals surface area contributed by atoms with E-state index in [1.165, 1.54) is 12.1 Å². The second-order valence-electron chi connectivity index (χ2n) is 4.16. The van der Waals surface area contributed by atoms with Gasteiger partial charge in [0.2, 0.25) is 5.88 Å². The first kappa shape index (κ1) is 15.8. The van der Waals surface area contributed by atoms with Gasteiger partial charge in [-0.3, -0.25) is 0 Å². The van der Waals surface area contributed by atoms with Gasteiger partial charge in [-0.25, -0.2) is 9.78 Å². The average molecular weight is 417 g/mol. The number of hydrogen-bond donors (Lipinski definition) is 1. The van der Waals surface area contributed by atoms with Crippen LogP contribution in [0.3, 0.4) is 0 Å². The maximum atomic E-state index is 11.0. The van der Waals surface area contributed by atoms with Gasteiger partial charge < -0.3 is 14.6 Å². The van der Waals surface area contributed by atoms with E-state index < -0.39 is 5.97 Å². The number of halogens is 2. The number of aromatic nitrogens is 1. The third-order valence-electron chi connectivity index (χ3n) is 2.60. The molecule has 0 amide bonds. The van der Waals surface area contributed by atoms with Gasteiger partial charge in [-0.05, 0) is 57.0 Å². The highest BCUT2D eigenvalue weighted by atomic mass is 79.9. The summed E-state index contributed by atoms with van der Waals surface area (Å²) in [5.74, 6) is 0.334. The van der Waals surface area contributed by atoms with Crippen LogP contribution in [-0.2, 0) is 0 Å². The zero-order valence-corrected chi connectivity index (χ0v) is 14.4. The fraction of sp³-hybridized carbons (Fsp3) is 0.143. The van der Waals surface area contributed by atoms with Gasteiger partial charge in [0.1, 0.15) is 11.5 Å². The Morgan fingerprint density at radius 1 is 1.14 bits per heavy atom. The molecule has 1 aromatic heterocycles. The lowest BCUT2D eigenvalue weighted by molar-refractivity contribution is 0.0696. The van der Waals surface area contributed by atoms with Gasteiger partial charge in [0.15, 0.2) is 0 Å². The van der Waals surface area contributed by atoms with Crippen molar-refractivity contribution in [2.24, 2.45) is 0 Å². The van der Waals surface area contributed by atoms with Gasteiger partial charge in [0.25, 0.3) is 0 Å². The predicted octanol–water partition coefficient (Wildman–Crippen LogP) is 4.41. The molecule has 2 aromatic rings. The molecule has 0 spiro atoms. The summed E-state index contributed by atoms with van der Waals surface area (Å²) < 4.78 is 12.2. The minimum absolute atomic E-state index is 0.126. The fourth-order valence-corrected chi connectivity index (χ4v) is 2.56. The number of methoxy groups -OCH3 is 1. The number of carbonyl (C=O) groups is 1. The number of carboxylic acids is 1. The first-order valence-corrected chi connectivity index (χ1v) is 7.42. The molecule has 1 N–H and O–H groups in total. The highest BCUT2D eigenvalue weighted by molar-refractivity contribution is 9.11. The first-order chi connectivity index (χ1) is 9.90. The second-order valence-corrected chi connectivity index (χ2v) is 5.87. The molecule has 0 saturated heterocycles. The molecule has 110 valence electrons. The fourth-order valence-electron chi connectivity index (χ4n) is 1.67. The Morgan fingerprint density at radius 2 is 1.76 bits per heavy atom. The van der Waals surface area contributed by atoms with Gasteiger partial charge in [-0.2, -0.15) is 0 Å². The van der Waals surface area contributed by atoms with E-state index in [0.717, 1.165) is 0 Å². The van der Waals surface area contributed by atoms with Crippen molar-refractivity contribution in [1.82, 2.24) is 4.98 Å². The zero-order valence-electron chi connectivity index (χ0n) is 11.2. The smallest absolute Gasteiger partial charge is 0.335 e. The summed E-state index contributed by atoms with van der Waals surface area (Å²) in [4.78, 5) is 15.2. The maximum absolute atomic E-state index is 11.0. The molecule has 0 atom stereocenters. The van der Waals surface area contributed by atoms with Crippen molar-refractivity contribution in [2.75, 3.05) is 7.11 Å². The molecule has 21 heavy (non-hydrogen) atoms. The van der Waals surface area contributed by atoms with Crippen LogP contribution in [0.15, 0.2) is 33.2 Å². The van der Waals surface area contributed by atoms with E-state index in [2.05, 4.69) is 36.8 Å². The van der Waals surface area contributed by atoms with Crippen molar-refractivity contribution in [3.63, 3.8) is 0 Å². The molecule has 0 fully saturated rings. The summed E-state index contributed by atoms with van der Waals surface area (Å²) in [6.07, 6.45) is 0. The van der Waals surface area contributed by atoms with E-state index in [4.69, 9.17) is 14.6 Å². The third-order valence-corrected chi connectivity index (χ3v) is 3.84. The number of benzene rings is 1. The molecular weight excluding hydrogens is 406 g/mol. The van der Waals surface area contributed by atoms with E-state index >= 15 is 0 Å². The maximum Gasteiger partial charge on any atom is 0.335 e. The van der Waals surface area contributed by atoms with Crippen molar-refractivity contribution < 1.29 is 19.4 Å². The average Bonchev–Trinajstić information content (AvgIpc) is 2.41. The Bertz CT molecular complexity index is 704. The number of carboxylic acid groups (broad SMARTS) is 1. The van der Waals surface area contributed by atoms with Gasteiger partial charge >= 0.3 is 5.97 Å². The minimum atomic E-state index is -1.03. The number of rotatable bonds is 4. The minimum Gasteiger partial charge on any atom is -0.496 e. The van der Waals surface area contributed by atoms with Crippen molar-refractivity contribution in [3.05, 3.63) is 44.5 Å². The van der Waals surface area contributed by atoms with Crippen molar-refractivity contribution in [2.45, 2.75) is 6.92 Å². The number of ether oxygens (including phenoxy) is 2. The molecule has 1 aromatic carbocycles. The number of hydrogen-bond acceptors (Lipinski definition) is 4. The molecule has 0 aliphatic rings. The van der Waals surface area contributed by atoms with E-state index in [1.54, 1.807) is 26.2 Å². The molecule has 0 bridgehead atoms. The van der Waals surface area contributed by atoms with E-state index in [0.29, 0.717) is 26.1 Å². The molecule has 0 saturated carbocycles. The van der Waals surface area contributed by atoms with Crippen molar-refractivity contribution in [3.8, 4) is 17.4 Å². The lowest BCUT2D eigenvalue weighted by atomic mass is 10.2. The topological polar surface area (TPSA) is 68.7 Å². The first-order valence-electron chi connectivity index (χ1n) is 5.83. The molecule has 0 radical (unpaired) electrons. The second kappa shape index (κ2) is 6.44. The molecule has 0 aliphatic heterocycles. The zero-order chi connectivity index (χ0) is 15.6. The van der Waals surface area contributed by atoms with Gasteiger partial charge in [-0.15, -0.1) is 0 Å². The molecular formula is C14H11Br2NO4. The van der Waals surface area contributed by atoms with Crippen LogP contribution in [0.4, 0.5) is 0 Å². The van der Waals surface area contributed by atoms with Crippen LogP contribution in [0.5, 0.6) is 17.4 Å². The number of aryl methyl sites for hydroxylation is 1. The van der Waals surface area contributed by atoms with Crippen LogP contribution in [0, 0.1) is 6.92 Å². The lowest BCUT2D eigenvalue weighted by Crippen LogP contribution is -2.00. The van der Waals surface area contributed by atoms with Gasteiger partial charge in [0.05, 0.1) is 21.6 Å². The molecule has 5 nitrogen and oxygen atoms in total. The lowest BCUT2D eigenvalue weighted by Gasteiger charge is -2.11. The number of nitrogens with zero attached hydrogens (tertiary/aromatic N) is 1. The monoisotopic (exact) mass is 415 g/mol. The highest BCUT2D eigenvalue weighted by Gasteiger charge is 2.12. The molecule has 7 heteroatoms. The van der Waals surface area contributed by atoms with Gasteiger partial charge in [0, 0.05) is 11.8 Å². The quantitative estimate of drug-likeness (QED) is 0.799. The Labute approximate surface area is 138 Å². The summed E-state index contributed by atoms with van der Waals surface area (Å²) in [6, 6.07) is 6.31. The number of aromatic carboxylic acids is 1. The molecule has 1 heterocycles. The third kappa shape index (κ3) is 3.74. The van der Waals surface area contributed by atoms with E-state index in [9.17, 15) is 4.79 Å². The Balaban J connectivity index is 2.38. The van der Waals surface area contributed by atoms with Crippen molar-refractivity contribution >= 4 is 37.8 Å². The van der Waals surface area contributed by atoms with Crippen LogP contribution < -0.4 is 9.47 Å². The van der Waals surface area contributed by atoms with Crippen LogP contribution >= 0.6 is 31.9 Å². The highest BCUT2D eigenvalue weighted by Crippen LogP contribution is 2.37. The van der Waals surface area contributed by atoms with Crippen LogP contribution in [0.2, 0.25) is 0 Å². The molecule has 0 aliphatic carbocycles. The van der Waals surface area contributed by atoms with Crippen LogP contribution in [0.1, 0.15) is 16.1 Å². The molecule has 2 rings (SSSR count). The van der Waals surface area contributed by atoms with E-state index in [-0.39, 0.29) is 11.4 Å². The summed E-state index contributed by atoms with van der Waals surface area (Å²) in [6.45, 7) is 1.71. The predicted molar refractivity (Wildman–Crippen MR) is 84.4 cm³/mol. The normalized spacial score (nSPS) is 10.3. The Kier molecular flexibility index (Phi) is 4.84. The largest absolute Gasteiger partial charge is 0.496 e.